The number of ether oxygens (including phenoxy) is 1. The van der Waals surface area contributed by atoms with Crippen LogP contribution in [0.2, 0.25) is 0 Å². The first-order valence-electron chi connectivity index (χ1n) is 9.11. The van der Waals surface area contributed by atoms with E-state index in [0.717, 1.165) is 17.7 Å². The van der Waals surface area contributed by atoms with Gasteiger partial charge in [0.15, 0.2) is 9.84 Å². The largest absolute Gasteiger partial charge is 0.476 e. The predicted molar refractivity (Wildman–Crippen MR) is 98.5 cm³/mol. The van der Waals surface area contributed by atoms with Gasteiger partial charge in [-0.3, -0.25) is 9.59 Å². The molecule has 3 N–H and O–H groups in total. The molecule has 1 saturated carbocycles. The molecule has 0 aromatic carbocycles. The number of primary amides is 1. The number of β-amino-alcohol motifs (C(OH)–C–C–N with tert-alkyl or cyclic N) is 1. The first-order chi connectivity index (χ1) is 13.2. The average Bonchev–Trinajstić information content (AvgIpc) is 3.38. The normalized spacial score (nSPS) is 24.1. The highest BCUT2D eigenvalue weighted by molar-refractivity contribution is 7.91. The van der Waals surface area contributed by atoms with E-state index < -0.39 is 45.4 Å². The fourth-order valence-electron chi connectivity index (χ4n) is 3.30. The Labute approximate surface area is 162 Å². The smallest absolute Gasteiger partial charge is 0.274 e. The number of aliphatic hydroxyl groups excluding tert-OH is 1. The van der Waals surface area contributed by atoms with Crippen LogP contribution in [-0.4, -0.2) is 78.7 Å². The molecule has 10 nitrogen and oxygen atoms in total. The molecule has 3 fully saturated rings. The van der Waals surface area contributed by atoms with Crippen LogP contribution in [0, 0.1) is 5.92 Å². The van der Waals surface area contributed by atoms with Gasteiger partial charge in [0.1, 0.15) is 23.3 Å². The Morgan fingerprint density at radius 1 is 1.29 bits per heavy atom. The minimum Gasteiger partial charge on any atom is -0.476 e. The van der Waals surface area contributed by atoms with E-state index in [4.69, 9.17) is 10.5 Å². The number of amides is 2. The third kappa shape index (κ3) is 3.76. The van der Waals surface area contributed by atoms with Gasteiger partial charge < -0.3 is 25.4 Å². The lowest BCUT2D eigenvalue weighted by molar-refractivity contribution is -0.121. The fraction of sp³-hybridized carbons (Fsp3) is 0.588. The first-order valence-corrected chi connectivity index (χ1v) is 10.9. The van der Waals surface area contributed by atoms with Gasteiger partial charge in [-0.05, 0) is 30.9 Å². The van der Waals surface area contributed by atoms with Crippen molar-refractivity contribution in [1.82, 2.24) is 9.88 Å². The third-order valence-electron chi connectivity index (χ3n) is 5.13. The third-order valence-corrected chi connectivity index (χ3v) is 6.62. The lowest BCUT2D eigenvalue weighted by atomic mass is 10.1. The number of anilines is 1. The molecule has 28 heavy (non-hydrogen) atoms. The second-order valence-electron chi connectivity index (χ2n) is 7.57. The van der Waals surface area contributed by atoms with E-state index in [1.54, 1.807) is 6.07 Å². The van der Waals surface area contributed by atoms with Gasteiger partial charge in [0.05, 0.1) is 18.5 Å². The van der Waals surface area contributed by atoms with Crippen LogP contribution in [0.15, 0.2) is 12.1 Å². The summed E-state index contributed by atoms with van der Waals surface area (Å²) >= 11 is 0. The molecule has 0 radical (unpaired) electrons. The second kappa shape index (κ2) is 6.89. The van der Waals surface area contributed by atoms with E-state index >= 15 is 0 Å². The highest BCUT2D eigenvalue weighted by Gasteiger charge is 2.42. The Kier molecular flexibility index (Phi) is 4.66. The molecule has 2 amide bonds. The lowest BCUT2D eigenvalue weighted by Gasteiger charge is -2.38. The number of nitrogens with two attached hydrogens (primary N) is 1. The van der Waals surface area contributed by atoms with Crippen LogP contribution < -0.4 is 15.4 Å². The van der Waals surface area contributed by atoms with Crippen LogP contribution in [0.1, 0.15) is 23.3 Å². The molecule has 1 aromatic rings. The Morgan fingerprint density at radius 2 is 2.00 bits per heavy atom. The molecular formula is C17H22N4O6S. The van der Waals surface area contributed by atoms with Gasteiger partial charge in [0, 0.05) is 13.1 Å². The number of carbonyl (C=O) groups is 2. The topological polar surface area (TPSA) is 143 Å². The summed E-state index contributed by atoms with van der Waals surface area (Å²) in [5.41, 5.74) is 5.93. The molecule has 152 valence electrons. The van der Waals surface area contributed by atoms with Crippen molar-refractivity contribution < 1.29 is 27.9 Å². The van der Waals surface area contributed by atoms with Crippen molar-refractivity contribution in [3.63, 3.8) is 0 Å². The molecule has 1 aliphatic carbocycles. The lowest BCUT2D eigenvalue weighted by Crippen LogP contribution is -2.51. The monoisotopic (exact) mass is 410 g/mol. The molecule has 0 spiro atoms. The highest BCUT2D eigenvalue weighted by Crippen LogP contribution is 2.34. The van der Waals surface area contributed by atoms with Crippen LogP contribution >= 0.6 is 0 Å². The maximum Gasteiger partial charge on any atom is 0.274 e. The van der Waals surface area contributed by atoms with E-state index in [0.29, 0.717) is 31.3 Å². The predicted octanol–water partition coefficient (Wildman–Crippen LogP) is -1.27. The Bertz CT molecular complexity index is 910. The summed E-state index contributed by atoms with van der Waals surface area (Å²) in [5.74, 6) is -1.87. The molecule has 1 unspecified atom stereocenters. The number of aromatic nitrogens is 1. The van der Waals surface area contributed by atoms with E-state index in [1.165, 1.54) is 6.07 Å². The van der Waals surface area contributed by atoms with E-state index in [9.17, 15) is 23.1 Å². The van der Waals surface area contributed by atoms with Crippen molar-refractivity contribution in [2.24, 2.45) is 11.7 Å². The molecule has 2 saturated heterocycles. The standard InChI is InChI=1S/C17H22N4O6S/c18-15(23)14-8-28(25,26)9-21(14)17(24)12-3-4-13(20-5-11(22)6-20)16(19-12)27-7-10-1-2-10/h3-4,10-11,14,22H,1-2,5-9H2,(H2,18,23). The van der Waals surface area contributed by atoms with E-state index in [2.05, 4.69) is 4.98 Å². The van der Waals surface area contributed by atoms with Gasteiger partial charge in [0.2, 0.25) is 11.8 Å². The molecule has 1 atom stereocenters. The van der Waals surface area contributed by atoms with Gasteiger partial charge >= 0.3 is 0 Å². The number of sulfone groups is 1. The molecule has 2 aliphatic heterocycles. The van der Waals surface area contributed by atoms with Crippen LogP contribution in [0.25, 0.3) is 0 Å². The highest BCUT2D eigenvalue weighted by atomic mass is 32.2. The van der Waals surface area contributed by atoms with Crippen LogP contribution in [0.4, 0.5) is 5.69 Å². The Hall–Kier alpha value is -2.40. The van der Waals surface area contributed by atoms with Crippen molar-refractivity contribution in [3.8, 4) is 5.88 Å². The number of rotatable bonds is 6. The molecular weight excluding hydrogens is 388 g/mol. The average molecular weight is 410 g/mol. The zero-order valence-corrected chi connectivity index (χ0v) is 16.0. The SMILES string of the molecule is NC(=O)C1CS(=O)(=O)CN1C(=O)c1ccc(N2CC(O)C2)c(OCC2CC2)n1. The van der Waals surface area contributed by atoms with Crippen molar-refractivity contribution in [2.45, 2.75) is 25.0 Å². The maximum atomic E-state index is 12.9. The van der Waals surface area contributed by atoms with Gasteiger partial charge in [0.25, 0.3) is 5.91 Å². The number of aliphatic hydroxyl groups is 1. The minimum atomic E-state index is -3.58. The van der Waals surface area contributed by atoms with Crippen molar-refractivity contribution in [3.05, 3.63) is 17.8 Å². The molecule has 1 aromatic heterocycles. The summed E-state index contributed by atoms with van der Waals surface area (Å²) in [6.45, 7) is 1.38. The van der Waals surface area contributed by atoms with Crippen LogP contribution in [-0.2, 0) is 14.6 Å². The molecule has 3 heterocycles. The number of pyridine rings is 1. The van der Waals surface area contributed by atoms with Crippen molar-refractivity contribution in [1.29, 1.82) is 0 Å². The molecule has 4 rings (SSSR count). The zero-order chi connectivity index (χ0) is 20.1. The van der Waals surface area contributed by atoms with E-state index in [-0.39, 0.29) is 11.6 Å². The Balaban J connectivity index is 1.60. The molecule has 11 heteroatoms. The quantitative estimate of drug-likeness (QED) is 0.591. The summed E-state index contributed by atoms with van der Waals surface area (Å²) in [6.07, 6.45) is 1.76. The summed E-state index contributed by atoms with van der Waals surface area (Å²) in [7, 11) is -3.58. The maximum absolute atomic E-state index is 12.9. The van der Waals surface area contributed by atoms with Crippen molar-refractivity contribution >= 4 is 27.3 Å². The summed E-state index contributed by atoms with van der Waals surface area (Å²) < 4.78 is 29.6. The van der Waals surface area contributed by atoms with Crippen LogP contribution in [0.5, 0.6) is 5.88 Å². The number of hydrogen-bond acceptors (Lipinski definition) is 8. The minimum absolute atomic E-state index is 0.0148. The summed E-state index contributed by atoms with van der Waals surface area (Å²) in [6, 6.07) is 1.92. The van der Waals surface area contributed by atoms with E-state index in [1.807, 2.05) is 4.90 Å². The fourth-order valence-corrected chi connectivity index (χ4v) is 4.95. The number of nitrogens with zero attached hydrogens (tertiary/aromatic N) is 3. The van der Waals surface area contributed by atoms with Crippen LogP contribution in [0.3, 0.4) is 0 Å². The van der Waals surface area contributed by atoms with Gasteiger partial charge in [-0.2, -0.15) is 0 Å². The molecule has 0 bridgehead atoms. The second-order valence-corrected chi connectivity index (χ2v) is 9.65. The van der Waals surface area contributed by atoms with Crippen molar-refractivity contribution in [2.75, 3.05) is 36.2 Å². The number of hydrogen-bond donors (Lipinski definition) is 2. The Morgan fingerprint density at radius 3 is 2.61 bits per heavy atom. The summed E-state index contributed by atoms with van der Waals surface area (Å²) in [5, 5.41) is 9.55. The first kappa shape index (κ1) is 18.9. The summed E-state index contributed by atoms with van der Waals surface area (Å²) in [4.78, 5) is 31.6. The van der Waals surface area contributed by atoms with Gasteiger partial charge in [-0.25, -0.2) is 13.4 Å². The number of carbonyl (C=O) groups excluding carboxylic acids is 2. The molecule has 3 aliphatic rings. The zero-order valence-electron chi connectivity index (χ0n) is 15.2. The van der Waals surface area contributed by atoms with Gasteiger partial charge in [-0.15, -0.1) is 0 Å². The van der Waals surface area contributed by atoms with Gasteiger partial charge in [-0.1, -0.05) is 0 Å².